The highest BCUT2D eigenvalue weighted by Gasteiger charge is 2.07. The molecule has 2 heteroatoms. The highest BCUT2D eigenvalue weighted by molar-refractivity contribution is 4.58. The highest BCUT2D eigenvalue weighted by atomic mass is 16.5. The van der Waals surface area contributed by atoms with Crippen molar-refractivity contribution in [3.8, 4) is 0 Å². The molecule has 1 fully saturated rings. The molecule has 1 aliphatic heterocycles. The zero-order valence-corrected chi connectivity index (χ0v) is 3.77. The minimum absolute atomic E-state index is 0.452. The van der Waals surface area contributed by atoms with Gasteiger partial charge in [-0.2, -0.15) is 0 Å². The SMILES string of the molecule is [2H]C1([2H])COCC([2H])([2H])C1([2H])O. The van der Waals surface area contributed by atoms with E-state index in [-0.39, 0.29) is 0 Å². The summed E-state index contributed by atoms with van der Waals surface area (Å²) in [5.74, 6) is 0. The molecule has 0 aliphatic carbocycles. The number of hydrogen-bond donors (Lipinski definition) is 1. The second-order valence-corrected chi connectivity index (χ2v) is 1.19. The molecule has 0 aromatic heterocycles. The molecule has 0 bridgehead atoms. The average Bonchev–Trinajstić information content (AvgIpc) is 1.83. The van der Waals surface area contributed by atoms with Crippen molar-refractivity contribution >= 4 is 0 Å². The van der Waals surface area contributed by atoms with Crippen LogP contribution in [0.4, 0.5) is 0 Å². The van der Waals surface area contributed by atoms with Gasteiger partial charge in [0.25, 0.3) is 0 Å². The monoisotopic (exact) mass is 107 g/mol. The molecule has 0 amide bonds. The van der Waals surface area contributed by atoms with E-state index < -0.39 is 32.0 Å². The highest BCUT2D eigenvalue weighted by Crippen LogP contribution is 2.03. The number of aliphatic hydroxyl groups is 1. The average molecular weight is 107 g/mol. The molecular formula is C5H10O2. The Morgan fingerprint density at radius 1 is 1.71 bits per heavy atom. The normalized spacial score (nSPS) is 54.7. The summed E-state index contributed by atoms with van der Waals surface area (Å²) in [7, 11) is 0. The summed E-state index contributed by atoms with van der Waals surface area (Å²) >= 11 is 0. The van der Waals surface area contributed by atoms with Crippen LogP contribution >= 0.6 is 0 Å². The van der Waals surface area contributed by atoms with Crippen LogP contribution in [0.5, 0.6) is 0 Å². The number of hydrogen-bond acceptors (Lipinski definition) is 2. The van der Waals surface area contributed by atoms with Crippen molar-refractivity contribution in [3.63, 3.8) is 0 Å². The van der Waals surface area contributed by atoms with Crippen LogP contribution in [-0.4, -0.2) is 24.4 Å². The van der Waals surface area contributed by atoms with Gasteiger partial charge in [-0.1, -0.05) is 0 Å². The van der Waals surface area contributed by atoms with E-state index in [2.05, 4.69) is 4.74 Å². The third-order valence-electron chi connectivity index (χ3n) is 0.683. The molecule has 0 saturated carbocycles. The fourth-order valence-electron chi connectivity index (χ4n) is 0.352. The fraction of sp³-hybridized carbons (Fsp3) is 1.00. The first-order chi connectivity index (χ1) is 5.21. The second-order valence-electron chi connectivity index (χ2n) is 1.19. The van der Waals surface area contributed by atoms with Crippen LogP contribution in [-0.2, 0) is 4.74 Å². The maximum absolute atomic E-state index is 9.27. The molecule has 0 aromatic carbocycles. The lowest BCUT2D eigenvalue weighted by atomic mass is 10.2. The summed E-state index contributed by atoms with van der Waals surface area (Å²) in [6, 6.07) is 0. The Morgan fingerprint density at radius 3 is 2.71 bits per heavy atom. The molecule has 1 rings (SSSR count). The van der Waals surface area contributed by atoms with Gasteiger partial charge >= 0.3 is 0 Å². The van der Waals surface area contributed by atoms with E-state index in [4.69, 9.17) is 6.85 Å². The zero-order chi connectivity index (χ0) is 9.62. The number of rotatable bonds is 0. The second kappa shape index (κ2) is 2.28. The van der Waals surface area contributed by atoms with Gasteiger partial charge in [-0.05, 0) is 12.7 Å². The van der Waals surface area contributed by atoms with Crippen molar-refractivity contribution in [2.75, 3.05) is 13.2 Å². The molecule has 0 spiro atoms. The Bertz CT molecular complexity index is 172. The molecule has 1 saturated heterocycles. The van der Waals surface area contributed by atoms with Gasteiger partial charge in [-0.15, -0.1) is 0 Å². The summed E-state index contributed by atoms with van der Waals surface area (Å²) in [5.41, 5.74) is 0. The van der Waals surface area contributed by atoms with E-state index in [1.807, 2.05) is 0 Å². The summed E-state index contributed by atoms with van der Waals surface area (Å²) in [5, 5.41) is 9.27. The minimum atomic E-state index is -2.74. The molecule has 42 valence electrons. The van der Waals surface area contributed by atoms with E-state index in [9.17, 15) is 5.11 Å². The van der Waals surface area contributed by atoms with Crippen LogP contribution in [0.15, 0.2) is 0 Å². The van der Waals surface area contributed by atoms with Gasteiger partial charge in [-0.3, -0.25) is 0 Å². The van der Waals surface area contributed by atoms with Crippen LogP contribution in [0, 0.1) is 0 Å². The third kappa shape index (κ3) is 1.45. The van der Waals surface area contributed by atoms with Crippen molar-refractivity contribution in [1.82, 2.24) is 0 Å². The topological polar surface area (TPSA) is 29.5 Å². The lowest BCUT2D eigenvalue weighted by molar-refractivity contribution is 0.0140. The van der Waals surface area contributed by atoms with Gasteiger partial charge in [0.2, 0.25) is 0 Å². The molecule has 1 aliphatic rings. The lowest BCUT2D eigenvalue weighted by Gasteiger charge is -2.15. The molecular weight excluding hydrogens is 92.1 g/mol. The Morgan fingerprint density at radius 2 is 2.29 bits per heavy atom. The van der Waals surface area contributed by atoms with Crippen LogP contribution < -0.4 is 0 Å². The van der Waals surface area contributed by atoms with E-state index in [0.29, 0.717) is 0 Å². The van der Waals surface area contributed by atoms with Crippen LogP contribution in [0.3, 0.4) is 0 Å². The summed E-state index contributed by atoms with van der Waals surface area (Å²) in [6.07, 6.45) is -7.47. The predicted octanol–water partition coefficient (Wildman–Crippen LogP) is 0.158. The molecule has 0 atom stereocenters. The molecule has 7 heavy (non-hydrogen) atoms. The maximum Gasteiger partial charge on any atom is 0.0602 e. The van der Waals surface area contributed by atoms with Crippen molar-refractivity contribution in [2.45, 2.75) is 18.8 Å². The van der Waals surface area contributed by atoms with Crippen molar-refractivity contribution in [3.05, 3.63) is 0 Å². The molecule has 0 aromatic rings. The summed E-state index contributed by atoms with van der Waals surface area (Å²) in [4.78, 5) is 0. The fourth-order valence-corrected chi connectivity index (χ4v) is 0.352. The van der Waals surface area contributed by atoms with Gasteiger partial charge in [0.15, 0.2) is 0 Å². The Labute approximate surface area is 50.1 Å². The van der Waals surface area contributed by atoms with Crippen LogP contribution in [0.2, 0.25) is 0 Å². The third-order valence-corrected chi connectivity index (χ3v) is 0.683. The minimum Gasteiger partial charge on any atom is -0.393 e. The maximum atomic E-state index is 9.27. The van der Waals surface area contributed by atoms with E-state index in [1.165, 1.54) is 0 Å². The first kappa shape index (κ1) is 1.71. The number of ether oxygens (including phenoxy) is 1. The van der Waals surface area contributed by atoms with Crippen molar-refractivity contribution < 1.29 is 16.7 Å². The van der Waals surface area contributed by atoms with Crippen molar-refractivity contribution in [2.24, 2.45) is 0 Å². The van der Waals surface area contributed by atoms with Gasteiger partial charge in [0, 0.05) is 18.7 Å². The molecule has 2 nitrogen and oxygen atoms in total. The van der Waals surface area contributed by atoms with E-state index in [1.54, 1.807) is 0 Å². The summed E-state index contributed by atoms with van der Waals surface area (Å²) in [6.45, 7) is -0.904. The van der Waals surface area contributed by atoms with Crippen LogP contribution in [0.25, 0.3) is 0 Å². The first-order valence-electron chi connectivity index (χ1n) is 4.51. The molecule has 0 radical (unpaired) electrons. The van der Waals surface area contributed by atoms with E-state index >= 15 is 0 Å². The quantitative estimate of drug-likeness (QED) is 0.477. The summed E-state index contributed by atoms with van der Waals surface area (Å²) < 4.78 is 40.4. The lowest BCUT2D eigenvalue weighted by Crippen LogP contribution is -2.19. The Hall–Kier alpha value is -0.0800. The van der Waals surface area contributed by atoms with Crippen molar-refractivity contribution in [1.29, 1.82) is 0 Å². The predicted molar refractivity (Wildman–Crippen MR) is 26.1 cm³/mol. The van der Waals surface area contributed by atoms with Gasteiger partial charge in [-0.25, -0.2) is 0 Å². The van der Waals surface area contributed by atoms with Gasteiger partial charge < -0.3 is 9.84 Å². The Kier molecular flexibility index (Phi) is 0.557. The van der Waals surface area contributed by atoms with Gasteiger partial charge in [0.05, 0.1) is 7.45 Å². The Balaban J connectivity index is 2.99. The van der Waals surface area contributed by atoms with Gasteiger partial charge in [0.1, 0.15) is 0 Å². The smallest absolute Gasteiger partial charge is 0.0602 e. The van der Waals surface area contributed by atoms with Crippen LogP contribution in [0.1, 0.15) is 19.6 Å². The zero-order valence-electron chi connectivity index (χ0n) is 8.77. The first-order valence-corrected chi connectivity index (χ1v) is 2.01. The molecule has 1 heterocycles. The standard InChI is InChI=1S/C5H10O2/c6-5-1-3-7-4-2-5/h5-6H,1-4H2/i1D2,2D2,5D. The molecule has 1 N–H and O–H groups in total. The largest absolute Gasteiger partial charge is 0.393 e. The van der Waals surface area contributed by atoms with E-state index in [0.717, 1.165) is 0 Å². The molecule has 0 unspecified atom stereocenters.